The highest BCUT2D eigenvalue weighted by Crippen LogP contribution is 2.35. The Kier molecular flexibility index (Phi) is 5.47. The molecule has 0 spiro atoms. The predicted octanol–water partition coefficient (Wildman–Crippen LogP) is 3.31. The number of likely N-dealkylation sites (tertiary alicyclic amines) is 1. The second kappa shape index (κ2) is 7.83. The van der Waals surface area contributed by atoms with Crippen molar-refractivity contribution in [1.29, 1.82) is 0 Å². The molecule has 0 radical (unpaired) electrons. The summed E-state index contributed by atoms with van der Waals surface area (Å²) in [7, 11) is 1.96. The molecule has 166 valence electrons. The molecule has 1 amide bonds. The van der Waals surface area contributed by atoms with E-state index < -0.39 is 17.8 Å². The summed E-state index contributed by atoms with van der Waals surface area (Å²) in [5.41, 5.74) is 6.61. The van der Waals surface area contributed by atoms with Crippen molar-refractivity contribution < 1.29 is 18.0 Å². The van der Waals surface area contributed by atoms with E-state index in [1.165, 1.54) is 6.07 Å². The van der Waals surface area contributed by atoms with E-state index in [0.717, 1.165) is 30.8 Å². The number of hydrogen-bond acceptors (Lipinski definition) is 6. The summed E-state index contributed by atoms with van der Waals surface area (Å²) in [6, 6.07) is 2.90. The summed E-state index contributed by atoms with van der Waals surface area (Å²) >= 11 is 6.07. The minimum absolute atomic E-state index is 0.00897. The van der Waals surface area contributed by atoms with E-state index >= 15 is 0 Å². The fourth-order valence-electron chi connectivity index (χ4n) is 3.99. The predicted molar refractivity (Wildman–Crippen MR) is 110 cm³/mol. The number of nitrogens with one attached hydrogen (secondary N) is 1. The summed E-state index contributed by atoms with van der Waals surface area (Å²) in [4.78, 5) is 25.0. The molecule has 1 aromatic carbocycles. The van der Waals surface area contributed by atoms with Crippen LogP contribution in [-0.2, 0) is 24.1 Å². The van der Waals surface area contributed by atoms with Crippen LogP contribution in [0.5, 0.6) is 0 Å². The number of carbonyl (C=O) groups excluding carboxylic acids is 1. The van der Waals surface area contributed by atoms with Crippen LogP contribution in [0.3, 0.4) is 0 Å². The van der Waals surface area contributed by atoms with Gasteiger partial charge in [0.15, 0.2) is 0 Å². The number of anilines is 2. The number of nitrogens with two attached hydrogens (primary N) is 1. The van der Waals surface area contributed by atoms with Gasteiger partial charge in [0.05, 0.1) is 36.3 Å². The van der Waals surface area contributed by atoms with Gasteiger partial charge in [-0.1, -0.05) is 0 Å². The van der Waals surface area contributed by atoms with Crippen LogP contribution < -0.4 is 11.1 Å². The Hall–Kier alpha value is -2.59. The molecule has 0 saturated carbocycles. The van der Waals surface area contributed by atoms with Gasteiger partial charge in [0.2, 0.25) is 11.2 Å². The SMILES string of the molecule is C[C@@H](Nc1nc(Cl)nc2c1CN(C(=O)C1CN(C)C1)C2)c1cc(N)cc(C(F)(F)F)c1. The maximum Gasteiger partial charge on any atom is 0.416 e. The van der Waals surface area contributed by atoms with Crippen LogP contribution in [0.4, 0.5) is 24.7 Å². The average Bonchev–Trinajstić information content (AvgIpc) is 3.08. The van der Waals surface area contributed by atoms with Gasteiger partial charge < -0.3 is 20.9 Å². The van der Waals surface area contributed by atoms with Crippen LogP contribution in [0.15, 0.2) is 18.2 Å². The van der Waals surface area contributed by atoms with Gasteiger partial charge in [-0.25, -0.2) is 9.97 Å². The normalized spacial score (nSPS) is 17.9. The Morgan fingerprint density at radius 1 is 1.26 bits per heavy atom. The van der Waals surface area contributed by atoms with Crippen molar-refractivity contribution >= 4 is 29.0 Å². The number of benzene rings is 1. The first-order valence-corrected chi connectivity index (χ1v) is 10.2. The molecule has 3 N–H and O–H groups in total. The minimum atomic E-state index is -4.50. The maximum absolute atomic E-state index is 13.2. The molecular formula is C20H22ClF3N6O. The number of aromatic nitrogens is 2. The maximum atomic E-state index is 13.2. The third-order valence-corrected chi connectivity index (χ3v) is 5.81. The number of halogens is 4. The summed E-state index contributed by atoms with van der Waals surface area (Å²) < 4.78 is 39.5. The highest BCUT2D eigenvalue weighted by atomic mass is 35.5. The Bertz CT molecular complexity index is 1020. The summed E-state index contributed by atoms with van der Waals surface area (Å²) in [5.74, 6) is 0.419. The van der Waals surface area contributed by atoms with Crippen LogP contribution >= 0.6 is 11.6 Å². The molecule has 1 fully saturated rings. The lowest BCUT2D eigenvalue weighted by Crippen LogP contribution is -2.51. The molecule has 2 aromatic rings. The van der Waals surface area contributed by atoms with Gasteiger partial charge in [-0.05, 0) is 49.3 Å². The molecule has 2 aliphatic rings. The number of hydrogen-bond donors (Lipinski definition) is 2. The molecular weight excluding hydrogens is 433 g/mol. The third-order valence-electron chi connectivity index (χ3n) is 5.64. The second-order valence-electron chi connectivity index (χ2n) is 8.13. The quantitative estimate of drug-likeness (QED) is 0.544. The first-order chi connectivity index (χ1) is 14.5. The lowest BCUT2D eigenvalue weighted by Gasteiger charge is -2.37. The van der Waals surface area contributed by atoms with Crippen LogP contribution in [0.2, 0.25) is 5.28 Å². The van der Waals surface area contributed by atoms with Crippen molar-refractivity contribution in [2.75, 3.05) is 31.2 Å². The molecule has 0 aliphatic carbocycles. The van der Waals surface area contributed by atoms with E-state index in [4.69, 9.17) is 17.3 Å². The second-order valence-corrected chi connectivity index (χ2v) is 8.47. The monoisotopic (exact) mass is 454 g/mol. The molecule has 3 heterocycles. The first-order valence-electron chi connectivity index (χ1n) is 9.78. The zero-order valence-electron chi connectivity index (χ0n) is 17.0. The lowest BCUT2D eigenvalue weighted by atomic mass is 10.00. The lowest BCUT2D eigenvalue weighted by molar-refractivity contribution is -0.141. The molecule has 7 nitrogen and oxygen atoms in total. The van der Waals surface area contributed by atoms with Crippen LogP contribution in [-0.4, -0.2) is 45.8 Å². The third kappa shape index (κ3) is 4.40. The van der Waals surface area contributed by atoms with Crippen molar-refractivity contribution in [2.45, 2.75) is 32.2 Å². The standard InChI is InChI=1S/C20H22ClF3N6O/c1-10(11-3-13(20(22,23)24)5-14(25)4-11)26-17-15-8-30(9-16(15)27-19(21)28-17)18(31)12-6-29(2)7-12/h3-5,10,12H,6-9,25H2,1-2H3,(H,26,27,28)/t10-/m1/s1. The number of nitrogens with zero attached hydrogens (tertiary/aromatic N) is 4. The fourth-order valence-corrected chi connectivity index (χ4v) is 4.18. The van der Waals surface area contributed by atoms with Gasteiger partial charge in [0, 0.05) is 24.3 Å². The van der Waals surface area contributed by atoms with E-state index in [-0.39, 0.29) is 22.8 Å². The molecule has 4 rings (SSSR count). The highest BCUT2D eigenvalue weighted by Gasteiger charge is 2.37. The first kappa shape index (κ1) is 21.6. The van der Waals surface area contributed by atoms with Gasteiger partial charge in [-0.15, -0.1) is 0 Å². The van der Waals surface area contributed by atoms with Gasteiger partial charge in [0.25, 0.3) is 0 Å². The zero-order valence-corrected chi connectivity index (χ0v) is 17.8. The number of nitrogen functional groups attached to an aromatic ring is 1. The van der Waals surface area contributed by atoms with E-state index in [1.807, 2.05) is 7.05 Å². The van der Waals surface area contributed by atoms with Crippen molar-refractivity contribution in [1.82, 2.24) is 19.8 Å². The Balaban J connectivity index is 1.56. The minimum Gasteiger partial charge on any atom is -0.399 e. The Labute approximate surface area is 182 Å². The van der Waals surface area contributed by atoms with E-state index in [9.17, 15) is 18.0 Å². The number of fused-ring (bicyclic) bond motifs is 1. The summed E-state index contributed by atoms with van der Waals surface area (Å²) in [6.07, 6.45) is -4.50. The molecule has 11 heteroatoms. The Morgan fingerprint density at radius 2 is 1.97 bits per heavy atom. The molecule has 0 bridgehead atoms. The van der Waals surface area contributed by atoms with Crippen LogP contribution in [0, 0.1) is 5.92 Å². The molecule has 2 aliphatic heterocycles. The van der Waals surface area contributed by atoms with E-state index in [0.29, 0.717) is 30.2 Å². The zero-order chi connectivity index (χ0) is 22.5. The van der Waals surface area contributed by atoms with Crippen molar-refractivity contribution in [2.24, 2.45) is 5.92 Å². The van der Waals surface area contributed by atoms with Gasteiger partial charge in [-0.3, -0.25) is 4.79 Å². The Morgan fingerprint density at radius 3 is 2.61 bits per heavy atom. The number of rotatable bonds is 4. The fraction of sp³-hybridized carbons (Fsp3) is 0.450. The number of alkyl halides is 3. The van der Waals surface area contributed by atoms with Crippen LogP contribution in [0.1, 0.15) is 35.3 Å². The molecule has 1 aromatic heterocycles. The van der Waals surface area contributed by atoms with Crippen molar-refractivity contribution in [3.05, 3.63) is 45.9 Å². The summed E-state index contributed by atoms with van der Waals surface area (Å²) in [6.45, 7) is 3.80. The molecule has 31 heavy (non-hydrogen) atoms. The largest absolute Gasteiger partial charge is 0.416 e. The molecule has 1 atom stereocenters. The molecule has 1 saturated heterocycles. The van der Waals surface area contributed by atoms with Crippen LogP contribution in [0.25, 0.3) is 0 Å². The number of amides is 1. The van der Waals surface area contributed by atoms with Gasteiger partial charge in [0.1, 0.15) is 5.82 Å². The molecule has 0 unspecified atom stereocenters. The van der Waals surface area contributed by atoms with E-state index in [2.05, 4.69) is 20.2 Å². The summed E-state index contributed by atoms with van der Waals surface area (Å²) in [5, 5.41) is 3.13. The van der Waals surface area contributed by atoms with Gasteiger partial charge in [-0.2, -0.15) is 13.2 Å². The van der Waals surface area contributed by atoms with Crippen molar-refractivity contribution in [3.8, 4) is 0 Å². The highest BCUT2D eigenvalue weighted by molar-refractivity contribution is 6.28. The van der Waals surface area contributed by atoms with Gasteiger partial charge >= 0.3 is 6.18 Å². The smallest absolute Gasteiger partial charge is 0.399 e. The van der Waals surface area contributed by atoms with E-state index in [1.54, 1.807) is 11.8 Å². The topological polar surface area (TPSA) is 87.4 Å². The number of carbonyl (C=O) groups is 1. The average molecular weight is 455 g/mol. The van der Waals surface area contributed by atoms with Crippen molar-refractivity contribution in [3.63, 3.8) is 0 Å².